The van der Waals surface area contributed by atoms with Crippen molar-refractivity contribution in [3.05, 3.63) is 0 Å². The summed E-state index contributed by atoms with van der Waals surface area (Å²) in [6, 6.07) is 0.531. The number of hydrogen-bond acceptors (Lipinski definition) is 4. The van der Waals surface area contributed by atoms with Crippen molar-refractivity contribution in [2.45, 2.75) is 160 Å². The van der Waals surface area contributed by atoms with E-state index in [1.54, 1.807) is 0 Å². The second-order valence-electron chi connectivity index (χ2n) is 9.79. The third-order valence-electron chi connectivity index (χ3n) is 6.78. The van der Waals surface area contributed by atoms with Crippen LogP contribution in [0, 0.1) is 0 Å². The van der Waals surface area contributed by atoms with Gasteiger partial charge in [-0.1, -0.05) is 116 Å². The summed E-state index contributed by atoms with van der Waals surface area (Å²) in [6.07, 6.45) is 28.4. The molecule has 1 heterocycles. The average Bonchev–Trinajstić information content (AvgIpc) is 2.73. The van der Waals surface area contributed by atoms with E-state index in [4.69, 9.17) is 11.5 Å². The van der Waals surface area contributed by atoms with Crippen molar-refractivity contribution in [1.29, 1.82) is 0 Å². The fourth-order valence-corrected chi connectivity index (χ4v) is 4.83. The summed E-state index contributed by atoms with van der Waals surface area (Å²) in [5, 5.41) is 7.63. The minimum atomic E-state index is 0.115. The molecule has 0 aromatic heterocycles. The van der Waals surface area contributed by atoms with Gasteiger partial charge in [0.2, 0.25) is 0 Å². The topological polar surface area (TPSA) is 76.1 Å². The third-order valence-corrected chi connectivity index (χ3v) is 6.78. The molecule has 0 amide bonds. The van der Waals surface area contributed by atoms with Crippen molar-refractivity contribution in [3.8, 4) is 0 Å². The highest BCUT2D eigenvalue weighted by Gasteiger charge is 2.17. The number of hydrogen-bond donors (Lipinski definition) is 4. The van der Waals surface area contributed by atoms with Gasteiger partial charge in [0.15, 0.2) is 0 Å². The van der Waals surface area contributed by atoms with Crippen LogP contribution in [-0.4, -0.2) is 24.9 Å². The molecule has 1 aliphatic heterocycles. The van der Waals surface area contributed by atoms with Gasteiger partial charge in [-0.2, -0.15) is 0 Å². The number of nitrogens with two attached hydrogens (primary N) is 2. The molecule has 0 radical (unpaired) electrons. The van der Waals surface area contributed by atoms with Crippen molar-refractivity contribution < 1.29 is 0 Å². The van der Waals surface area contributed by atoms with Gasteiger partial charge in [0.25, 0.3) is 0 Å². The average molecular weight is 425 g/mol. The van der Waals surface area contributed by atoms with E-state index < -0.39 is 0 Å². The Morgan fingerprint density at radius 3 is 1.77 bits per heavy atom. The molecule has 1 saturated heterocycles. The Bertz CT molecular complexity index is 350. The fraction of sp³-hybridized carbons (Fsp3) is 1.00. The van der Waals surface area contributed by atoms with Crippen LogP contribution in [0.15, 0.2) is 0 Å². The Labute approximate surface area is 189 Å². The molecule has 0 aromatic rings. The molecule has 0 saturated carbocycles. The van der Waals surface area contributed by atoms with Crippen LogP contribution in [0.2, 0.25) is 0 Å². The van der Waals surface area contributed by atoms with Gasteiger partial charge >= 0.3 is 0 Å². The maximum absolute atomic E-state index is 6.46. The zero-order valence-electron chi connectivity index (χ0n) is 20.4. The number of rotatable bonds is 12. The minimum Gasteiger partial charge on any atom is -0.330 e. The lowest BCUT2D eigenvalue weighted by Crippen LogP contribution is -2.54. The molecule has 180 valence electrons. The smallest absolute Gasteiger partial charge is 0.0585 e. The van der Waals surface area contributed by atoms with Crippen LogP contribution in [0.4, 0.5) is 0 Å². The molecule has 0 spiro atoms. The molecular weight excluding hydrogens is 368 g/mol. The number of unbranched alkanes of at least 4 members (excludes halogenated alkanes) is 8. The summed E-state index contributed by atoms with van der Waals surface area (Å²) in [5.74, 6) is 0. The van der Waals surface area contributed by atoms with Gasteiger partial charge in [0, 0.05) is 6.04 Å². The molecule has 0 bridgehead atoms. The van der Waals surface area contributed by atoms with Gasteiger partial charge in [-0.05, 0) is 32.2 Å². The molecule has 0 aliphatic carbocycles. The van der Waals surface area contributed by atoms with E-state index >= 15 is 0 Å². The predicted octanol–water partition coefficient (Wildman–Crippen LogP) is 6.33. The first kappa shape index (κ1) is 27.9. The Kier molecular flexibility index (Phi) is 19.3. The maximum atomic E-state index is 6.46. The first-order chi connectivity index (χ1) is 14.8. The summed E-state index contributed by atoms with van der Waals surface area (Å²) in [6.45, 7) is 3.06. The van der Waals surface area contributed by atoms with Crippen molar-refractivity contribution in [1.82, 2.24) is 10.6 Å². The van der Waals surface area contributed by atoms with Crippen LogP contribution in [0.5, 0.6) is 0 Å². The standard InChI is InChI=1S/C26H56N4/c1-2-3-4-5-6-7-12-15-18-21-26-29-24(22-23-27)19-16-13-10-8-9-11-14-17-20-25(28)30-26/h24-26,29-30H,2-23,27-28H2,1H3. The Morgan fingerprint density at radius 1 is 0.633 bits per heavy atom. The van der Waals surface area contributed by atoms with E-state index in [2.05, 4.69) is 17.6 Å². The largest absolute Gasteiger partial charge is 0.330 e. The molecule has 4 heteroatoms. The second kappa shape index (κ2) is 20.7. The molecule has 0 aromatic carbocycles. The lowest BCUT2D eigenvalue weighted by atomic mass is 10.0. The van der Waals surface area contributed by atoms with Crippen LogP contribution in [0.1, 0.15) is 142 Å². The first-order valence-electron chi connectivity index (χ1n) is 13.7. The van der Waals surface area contributed by atoms with Crippen molar-refractivity contribution >= 4 is 0 Å². The van der Waals surface area contributed by atoms with Gasteiger partial charge in [-0.3, -0.25) is 10.6 Å². The van der Waals surface area contributed by atoms with E-state index in [0.717, 1.165) is 19.4 Å². The predicted molar refractivity (Wildman–Crippen MR) is 134 cm³/mol. The third kappa shape index (κ3) is 16.5. The Hall–Kier alpha value is -0.160. The SMILES string of the molecule is CCCCCCCCCCCC1NC(N)CCCCCCCCCCC(CCN)N1. The van der Waals surface area contributed by atoms with Gasteiger partial charge in [-0.15, -0.1) is 0 Å². The van der Waals surface area contributed by atoms with Crippen molar-refractivity contribution in [3.63, 3.8) is 0 Å². The molecule has 1 fully saturated rings. The summed E-state index contributed by atoms with van der Waals surface area (Å²) in [7, 11) is 0. The van der Waals surface area contributed by atoms with E-state index in [1.165, 1.54) is 122 Å². The molecule has 3 atom stereocenters. The van der Waals surface area contributed by atoms with Crippen molar-refractivity contribution in [2.24, 2.45) is 11.5 Å². The molecular formula is C26H56N4. The van der Waals surface area contributed by atoms with Crippen LogP contribution in [0.25, 0.3) is 0 Å². The van der Waals surface area contributed by atoms with Crippen LogP contribution in [0.3, 0.4) is 0 Å². The minimum absolute atomic E-state index is 0.115. The fourth-order valence-electron chi connectivity index (χ4n) is 4.83. The zero-order chi connectivity index (χ0) is 21.7. The Balaban J connectivity index is 2.39. The summed E-state index contributed by atoms with van der Waals surface area (Å²) in [4.78, 5) is 0. The molecule has 3 unspecified atom stereocenters. The van der Waals surface area contributed by atoms with E-state index in [0.29, 0.717) is 12.2 Å². The van der Waals surface area contributed by atoms with E-state index in [1.807, 2.05) is 0 Å². The first-order valence-corrected chi connectivity index (χ1v) is 13.7. The number of nitrogens with one attached hydrogen (secondary N) is 2. The van der Waals surface area contributed by atoms with Crippen LogP contribution < -0.4 is 22.1 Å². The summed E-state index contributed by atoms with van der Waals surface area (Å²) in [5.41, 5.74) is 12.4. The van der Waals surface area contributed by atoms with Gasteiger partial charge in [0.05, 0.1) is 12.3 Å². The Morgan fingerprint density at radius 2 is 1.17 bits per heavy atom. The lowest BCUT2D eigenvalue weighted by Gasteiger charge is -2.29. The van der Waals surface area contributed by atoms with Gasteiger partial charge in [0.1, 0.15) is 0 Å². The normalized spacial score (nSPS) is 25.5. The molecule has 4 nitrogen and oxygen atoms in total. The van der Waals surface area contributed by atoms with Crippen LogP contribution in [-0.2, 0) is 0 Å². The highest BCUT2D eigenvalue weighted by atomic mass is 15.2. The van der Waals surface area contributed by atoms with Crippen LogP contribution >= 0.6 is 0 Å². The monoisotopic (exact) mass is 424 g/mol. The maximum Gasteiger partial charge on any atom is 0.0585 e. The van der Waals surface area contributed by atoms with E-state index in [-0.39, 0.29) is 6.17 Å². The molecule has 1 rings (SSSR count). The van der Waals surface area contributed by atoms with E-state index in [9.17, 15) is 0 Å². The molecule has 30 heavy (non-hydrogen) atoms. The quantitative estimate of drug-likeness (QED) is 0.276. The van der Waals surface area contributed by atoms with Gasteiger partial charge in [-0.25, -0.2) is 0 Å². The highest BCUT2D eigenvalue weighted by molar-refractivity contribution is 4.76. The molecule has 6 N–H and O–H groups in total. The molecule has 1 aliphatic rings. The zero-order valence-corrected chi connectivity index (χ0v) is 20.4. The second-order valence-corrected chi connectivity index (χ2v) is 9.79. The summed E-state index contributed by atoms with van der Waals surface area (Å²) >= 11 is 0. The van der Waals surface area contributed by atoms with Gasteiger partial charge < -0.3 is 11.5 Å². The van der Waals surface area contributed by atoms with Crippen molar-refractivity contribution in [2.75, 3.05) is 6.54 Å². The lowest BCUT2D eigenvalue weighted by molar-refractivity contribution is 0.287. The highest BCUT2D eigenvalue weighted by Crippen LogP contribution is 2.15. The summed E-state index contributed by atoms with van der Waals surface area (Å²) < 4.78 is 0.